The molecule has 0 bridgehead atoms. The highest BCUT2D eigenvalue weighted by Crippen LogP contribution is 2.31. The Morgan fingerprint density at radius 3 is 1.55 bits per heavy atom. The molecule has 0 atom stereocenters. The summed E-state index contributed by atoms with van der Waals surface area (Å²) in [5.41, 5.74) is 7.22. The number of phenols is 2. The van der Waals surface area contributed by atoms with E-state index in [1.165, 1.54) is 6.07 Å². The molecule has 0 aliphatic heterocycles. The third-order valence-electron chi connectivity index (χ3n) is 7.22. The number of fused-ring (bicyclic) bond motifs is 2. The minimum Gasteiger partial charge on any atom is -0.508 e. The van der Waals surface area contributed by atoms with Gasteiger partial charge in [-0.25, -0.2) is 9.59 Å². The van der Waals surface area contributed by atoms with Crippen molar-refractivity contribution >= 4 is 56.5 Å². The van der Waals surface area contributed by atoms with E-state index in [9.17, 15) is 19.8 Å². The molecule has 11 heteroatoms. The number of esters is 1. The maximum absolute atomic E-state index is 12.0. The highest BCUT2D eigenvalue weighted by Gasteiger charge is 2.12. The zero-order valence-corrected chi connectivity index (χ0v) is 27.6. The summed E-state index contributed by atoms with van der Waals surface area (Å²) in [6.45, 7) is 7.92. The molecule has 0 fully saturated rings. The first-order chi connectivity index (χ1) is 23.5. The lowest BCUT2D eigenvalue weighted by molar-refractivity contribution is 0.0526. The Labute approximate surface area is 283 Å². The van der Waals surface area contributed by atoms with Crippen LogP contribution in [-0.2, 0) is 4.74 Å². The number of carboxylic acid groups (broad SMARTS) is 1. The van der Waals surface area contributed by atoms with Crippen molar-refractivity contribution in [2.45, 2.75) is 27.7 Å². The van der Waals surface area contributed by atoms with Crippen LogP contribution in [0.1, 0.15) is 45.7 Å². The first-order valence-electron chi connectivity index (χ1n) is 15.5. The molecule has 0 aliphatic rings. The molecule has 6 aromatic rings. The van der Waals surface area contributed by atoms with Gasteiger partial charge >= 0.3 is 11.9 Å². The van der Waals surface area contributed by atoms with Crippen LogP contribution in [0.4, 0.5) is 22.7 Å². The molecule has 0 spiro atoms. The Morgan fingerprint density at radius 1 is 0.653 bits per heavy atom. The Kier molecular flexibility index (Phi) is 12.1. The van der Waals surface area contributed by atoms with E-state index in [2.05, 4.69) is 20.6 Å². The average molecular weight is 663 g/mol. The zero-order valence-electron chi connectivity index (χ0n) is 27.6. The smallest absolute Gasteiger partial charge is 0.338 e. The second-order valence-electron chi connectivity index (χ2n) is 10.8. The molecular formula is C38H38N4O7. The summed E-state index contributed by atoms with van der Waals surface area (Å²) in [5.74, 6) is -0.987. The third-order valence-corrected chi connectivity index (χ3v) is 7.22. The Morgan fingerprint density at radius 2 is 1.10 bits per heavy atom. The van der Waals surface area contributed by atoms with Crippen LogP contribution >= 0.6 is 0 Å². The average Bonchev–Trinajstić information content (AvgIpc) is 3.08. The number of aryl methyl sites for hydroxylation is 2. The van der Waals surface area contributed by atoms with Gasteiger partial charge in [0.2, 0.25) is 0 Å². The Balaban J connectivity index is 0.000000205. The quantitative estimate of drug-likeness (QED) is 0.0918. The molecule has 0 radical (unpaired) electrons. The monoisotopic (exact) mass is 662 g/mol. The van der Waals surface area contributed by atoms with Crippen molar-refractivity contribution in [1.82, 2.24) is 9.97 Å². The minimum absolute atomic E-state index is 0.165. The molecule has 49 heavy (non-hydrogen) atoms. The number of carbonyl (C=O) groups excluding carboxylic acids is 1. The van der Waals surface area contributed by atoms with Gasteiger partial charge in [0.05, 0.1) is 28.8 Å². The number of aromatic nitrogens is 2. The molecule has 4 aromatic carbocycles. The normalized spacial score (nSPS) is 10.3. The van der Waals surface area contributed by atoms with Gasteiger partial charge < -0.3 is 35.8 Å². The number of aromatic carboxylic acids is 1. The second kappa shape index (κ2) is 16.6. The fourth-order valence-electron chi connectivity index (χ4n) is 4.76. The van der Waals surface area contributed by atoms with Gasteiger partial charge in [0.15, 0.2) is 0 Å². The number of hydrogen-bond donors (Lipinski definition) is 6. The number of anilines is 4. The molecule has 2 aromatic heterocycles. The van der Waals surface area contributed by atoms with Crippen LogP contribution in [0.5, 0.6) is 11.5 Å². The highest BCUT2D eigenvalue weighted by atomic mass is 16.5. The Bertz CT molecular complexity index is 2100. The van der Waals surface area contributed by atoms with Crippen LogP contribution in [0.3, 0.4) is 0 Å². The van der Waals surface area contributed by atoms with Gasteiger partial charge in [-0.15, -0.1) is 0 Å². The fraction of sp³-hybridized carbons (Fsp3) is 0.158. The Hall–Kier alpha value is -6.20. The number of pyridine rings is 2. The number of ether oxygens (including phenoxy) is 1. The molecule has 0 unspecified atom stereocenters. The molecule has 0 saturated heterocycles. The third kappa shape index (κ3) is 9.21. The number of rotatable bonds is 7. The molecule has 252 valence electrons. The van der Waals surface area contributed by atoms with Crippen LogP contribution in [0.15, 0.2) is 97.3 Å². The van der Waals surface area contributed by atoms with Crippen molar-refractivity contribution in [1.29, 1.82) is 0 Å². The van der Waals surface area contributed by atoms with Gasteiger partial charge in [0.1, 0.15) is 11.5 Å². The van der Waals surface area contributed by atoms with Crippen molar-refractivity contribution < 1.29 is 34.8 Å². The van der Waals surface area contributed by atoms with E-state index in [-0.39, 0.29) is 29.6 Å². The van der Waals surface area contributed by atoms with E-state index in [0.29, 0.717) is 23.1 Å². The van der Waals surface area contributed by atoms with E-state index in [1.807, 2.05) is 32.0 Å². The van der Waals surface area contributed by atoms with Crippen molar-refractivity contribution in [2.24, 2.45) is 0 Å². The van der Waals surface area contributed by atoms with E-state index >= 15 is 0 Å². The summed E-state index contributed by atoms with van der Waals surface area (Å²) < 4.78 is 5.06. The molecule has 11 nitrogen and oxygen atoms in total. The van der Waals surface area contributed by atoms with Gasteiger partial charge in [-0.3, -0.25) is 9.97 Å². The lowest BCUT2D eigenvalue weighted by Gasteiger charge is -2.13. The first kappa shape index (κ1) is 35.7. The van der Waals surface area contributed by atoms with Crippen molar-refractivity contribution in [3.63, 3.8) is 0 Å². The number of carbonyl (C=O) groups is 2. The second-order valence-corrected chi connectivity index (χ2v) is 10.8. The summed E-state index contributed by atoms with van der Waals surface area (Å²) in [4.78, 5) is 31.7. The summed E-state index contributed by atoms with van der Waals surface area (Å²) in [6.07, 6.45) is 3.36. The lowest BCUT2D eigenvalue weighted by Crippen LogP contribution is -2.04. The van der Waals surface area contributed by atoms with Crippen LogP contribution in [0.2, 0.25) is 0 Å². The van der Waals surface area contributed by atoms with E-state index in [1.54, 1.807) is 86.9 Å². The molecule has 0 saturated carbocycles. The van der Waals surface area contributed by atoms with Gasteiger partial charge in [-0.1, -0.05) is 12.1 Å². The van der Waals surface area contributed by atoms with Crippen LogP contribution < -0.4 is 10.6 Å². The number of aliphatic hydroxyl groups excluding tert-OH is 1. The topological polar surface area (TPSA) is 174 Å². The number of benzene rings is 4. The molecular weight excluding hydrogens is 624 g/mol. The molecule has 6 rings (SSSR count). The van der Waals surface area contributed by atoms with E-state index < -0.39 is 5.97 Å². The fourth-order valence-corrected chi connectivity index (χ4v) is 4.76. The van der Waals surface area contributed by atoms with Gasteiger partial charge in [0, 0.05) is 64.7 Å². The number of hydrogen-bond acceptors (Lipinski definition) is 10. The van der Waals surface area contributed by atoms with Crippen molar-refractivity contribution in [3.05, 3.63) is 120 Å². The number of carboxylic acids is 1. The largest absolute Gasteiger partial charge is 0.508 e. The van der Waals surface area contributed by atoms with Crippen molar-refractivity contribution in [2.75, 3.05) is 23.8 Å². The van der Waals surface area contributed by atoms with Crippen LogP contribution in [0.25, 0.3) is 21.8 Å². The SMILES string of the molecule is CCO.CCOC(=O)c1ccc2nccc(Nc3cc(O)ccc3C)c2c1.Cc1ccc(O)cc1Nc1ccnc2ccc(C(=O)O)cc12. The molecule has 0 aliphatic carbocycles. The minimum atomic E-state index is -0.981. The number of nitrogens with one attached hydrogen (secondary N) is 2. The maximum Gasteiger partial charge on any atom is 0.338 e. The van der Waals surface area contributed by atoms with E-state index in [4.69, 9.17) is 14.9 Å². The zero-order chi connectivity index (χ0) is 35.5. The standard InChI is InChI=1S/C19H18N2O3.C17H14N2O3.C2H6O/c1-3-24-19(23)13-5-7-16-15(10-13)17(8-9-20-16)21-18-11-14(22)6-4-12(18)2;1-10-2-4-12(20)9-16(10)19-15-6-7-18-14-5-3-11(17(21)22)8-13(14)15;1-2-3/h4-11,22H,3H2,1-2H3,(H,20,21);2-9,20H,1H3,(H,18,19)(H,21,22);3H,2H2,1H3. The summed E-state index contributed by atoms with van der Waals surface area (Å²) in [5, 5.41) is 44.1. The lowest BCUT2D eigenvalue weighted by atomic mass is 10.1. The number of nitrogens with zero attached hydrogens (tertiary/aromatic N) is 2. The van der Waals surface area contributed by atoms with Gasteiger partial charge in [-0.05, 0) is 99.5 Å². The number of aliphatic hydroxyl groups is 1. The summed E-state index contributed by atoms with van der Waals surface area (Å²) in [6, 6.07) is 23.9. The first-order valence-corrected chi connectivity index (χ1v) is 15.5. The summed E-state index contributed by atoms with van der Waals surface area (Å²) >= 11 is 0. The predicted molar refractivity (Wildman–Crippen MR) is 191 cm³/mol. The van der Waals surface area contributed by atoms with Crippen molar-refractivity contribution in [3.8, 4) is 11.5 Å². The van der Waals surface area contributed by atoms with Gasteiger partial charge in [0.25, 0.3) is 0 Å². The molecule has 2 heterocycles. The van der Waals surface area contributed by atoms with Crippen LogP contribution in [-0.4, -0.2) is 55.5 Å². The molecule has 0 amide bonds. The highest BCUT2D eigenvalue weighted by molar-refractivity contribution is 6.00. The number of aromatic hydroxyl groups is 2. The maximum atomic E-state index is 12.0. The molecule has 6 N–H and O–H groups in total. The predicted octanol–water partition coefficient (Wildman–Crippen LogP) is 7.86. The summed E-state index contributed by atoms with van der Waals surface area (Å²) in [7, 11) is 0. The number of phenolic OH excluding ortho intramolecular Hbond substituents is 2. The van der Waals surface area contributed by atoms with Crippen LogP contribution in [0, 0.1) is 13.8 Å². The van der Waals surface area contributed by atoms with E-state index in [0.717, 1.165) is 44.8 Å². The van der Waals surface area contributed by atoms with Gasteiger partial charge in [-0.2, -0.15) is 0 Å².